The summed E-state index contributed by atoms with van der Waals surface area (Å²) in [7, 11) is 0. The molecule has 0 aliphatic heterocycles. The number of aryl methyl sites for hydroxylation is 1. The Morgan fingerprint density at radius 2 is 1.88 bits per heavy atom. The van der Waals surface area contributed by atoms with Gasteiger partial charge >= 0.3 is 0 Å². The van der Waals surface area contributed by atoms with Crippen molar-refractivity contribution < 1.29 is 0 Å². The summed E-state index contributed by atoms with van der Waals surface area (Å²) in [6, 6.07) is 16.5. The Morgan fingerprint density at radius 1 is 1.06 bits per heavy atom. The average Bonchev–Trinajstić information content (AvgIpc) is 3.63. The first kappa shape index (κ1) is 22.0. The lowest BCUT2D eigenvalue weighted by atomic mass is 9.87. The summed E-state index contributed by atoms with van der Waals surface area (Å²) in [5.74, 6) is 1.50. The Kier molecular flexibility index (Phi) is 6.36. The molecular weight excluding hydrogens is 396 g/mol. The Morgan fingerprint density at radius 3 is 2.58 bits per heavy atom. The Balaban J connectivity index is 1.38. The minimum absolute atomic E-state index is 0.671. The highest BCUT2D eigenvalue weighted by Crippen LogP contribution is 2.42. The highest BCUT2D eigenvalue weighted by Gasteiger charge is 2.25. The van der Waals surface area contributed by atoms with Gasteiger partial charge in [0.25, 0.3) is 0 Å². The first-order chi connectivity index (χ1) is 16.2. The molecule has 0 radical (unpaired) electrons. The summed E-state index contributed by atoms with van der Waals surface area (Å²) in [5, 5.41) is 0. The summed E-state index contributed by atoms with van der Waals surface area (Å²) in [5.41, 5.74) is 12.9. The molecule has 5 rings (SSSR count). The van der Waals surface area contributed by atoms with Crippen molar-refractivity contribution in [2.75, 3.05) is 0 Å². The SMILES string of the molecule is C=C/C(=C\C)C1=CCc2ccc(CC)cc2C(CC2CC=C(c3ccc(C4CC4)cc3)C2)=C1. The molecule has 0 spiro atoms. The Labute approximate surface area is 200 Å². The van der Waals surface area contributed by atoms with Gasteiger partial charge in [0.2, 0.25) is 0 Å². The quantitative estimate of drug-likeness (QED) is 0.383. The van der Waals surface area contributed by atoms with Gasteiger partial charge in [0.1, 0.15) is 0 Å². The van der Waals surface area contributed by atoms with E-state index >= 15 is 0 Å². The molecule has 1 saturated carbocycles. The fourth-order valence-electron chi connectivity index (χ4n) is 5.51. The second-order valence-electron chi connectivity index (χ2n) is 9.96. The van der Waals surface area contributed by atoms with Gasteiger partial charge in [-0.15, -0.1) is 0 Å². The number of hydrogen-bond donors (Lipinski definition) is 0. The van der Waals surface area contributed by atoms with Crippen LogP contribution in [0.15, 0.2) is 90.6 Å². The molecule has 0 aromatic heterocycles. The molecule has 1 atom stereocenters. The van der Waals surface area contributed by atoms with Gasteiger partial charge in [0, 0.05) is 0 Å². The highest BCUT2D eigenvalue weighted by atomic mass is 14.3. The van der Waals surface area contributed by atoms with Crippen LogP contribution < -0.4 is 0 Å². The lowest BCUT2D eigenvalue weighted by molar-refractivity contribution is 0.592. The molecule has 0 nitrogen and oxygen atoms in total. The van der Waals surface area contributed by atoms with Crippen molar-refractivity contribution in [1.82, 2.24) is 0 Å². The number of hydrogen-bond acceptors (Lipinski definition) is 0. The zero-order valence-corrected chi connectivity index (χ0v) is 20.2. The van der Waals surface area contributed by atoms with Crippen LogP contribution in [0, 0.1) is 5.92 Å². The van der Waals surface area contributed by atoms with Gasteiger partial charge in [0.05, 0.1) is 0 Å². The van der Waals surface area contributed by atoms with Gasteiger partial charge in [-0.25, -0.2) is 0 Å². The standard InChI is InChI=1S/C33H36/c1-4-23-7-9-29-17-18-31(25(5-2)6-3)22-32(33(29)21-23)20-24-8-10-30(19-24)28-15-13-27(14-16-28)26-11-12-26/h5-7,9-10,13-16,18,21-22,24,26H,2,4,8,11-12,17,19-20H2,1,3H3/b25-6+. The molecular formula is C33H36. The molecule has 168 valence electrons. The van der Waals surface area contributed by atoms with Gasteiger partial charge < -0.3 is 0 Å². The van der Waals surface area contributed by atoms with Crippen molar-refractivity contribution in [3.05, 3.63) is 118 Å². The summed E-state index contributed by atoms with van der Waals surface area (Å²) < 4.78 is 0. The van der Waals surface area contributed by atoms with Crippen molar-refractivity contribution in [3.8, 4) is 0 Å². The third-order valence-corrected chi connectivity index (χ3v) is 7.71. The van der Waals surface area contributed by atoms with E-state index in [9.17, 15) is 0 Å². The van der Waals surface area contributed by atoms with Crippen LogP contribution in [0.3, 0.4) is 0 Å². The first-order valence-electron chi connectivity index (χ1n) is 12.8. The van der Waals surface area contributed by atoms with E-state index in [0.717, 1.165) is 25.2 Å². The van der Waals surface area contributed by atoms with E-state index in [1.165, 1.54) is 75.8 Å². The van der Waals surface area contributed by atoms with Gasteiger partial charge in [0.15, 0.2) is 0 Å². The van der Waals surface area contributed by atoms with Gasteiger partial charge in [-0.3, -0.25) is 0 Å². The molecule has 2 aromatic rings. The van der Waals surface area contributed by atoms with Crippen molar-refractivity contribution >= 4 is 11.1 Å². The molecule has 0 heterocycles. The fraction of sp³-hybridized carbons (Fsp3) is 0.333. The lowest BCUT2D eigenvalue weighted by Gasteiger charge is -2.17. The van der Waals surface area contributed by atoms with Crippen molar-refractivity contribution in [1.29, 1.82) is 0 Å². The van der Waals surface area contributed by atoms with Crippen molar-refractivity contribution in [3.63, 3.8) is 0 Å². The predicted octanol–water partition coefficient (Wildman–Crippen LogP) is 9.01. The summed E-state index contributed by atoms with van der Waals surface area (Å²) in [6.45, 7) is 8.42. The summed E-state index contributed by atoms with van der Waals surface area (Å²) in [4.78, 5) is 0. The maximum Gasteiger partial charge on any atom is -0.00822 e. The normalized spacial score (nSPS) is 20.5. The van der Waals surface area contributed by atoms with E-state index in [1.54, 1.807) is 0 Å². The van der Waals surface area contributed by atoms with E-state index < -0.39 is 0 Å². The minimum atomic E-state index is 0.671. The number of allylic oxidation sites excluding steroid dienone is 9. The molecule has 0 heteroatoms. The van der Waals surface area contributed by atoms with Crippen LogP contribution in [-0.2, 0) is 12.8 Å². The van der Waals surface area contributed by atoms with E-state index in [1.807, 2.05) is 6.08 Å². The molecule has 0 bridgehead atoms. The highest BCUT2D eigenvalue weighted by molar-refractivity contribution is 5.76. The Bertz CT molecular complexity index is 1160. The number of fused-ring (bicyclic) bond motifs is 1. The summed E-state index contributed by atoms with van der Waals surface area (Å²) in [6.07, 6.45) is 19.8. The molecule has 0 saturated heterocycles. The predicted molar refractivity (Wildman–Crippen MR) is 143 cm³/mol. The van der Waals surface area contributed by atoms with Crippen LogP contribution in [-0.4, -0.2) is 0 Å². The van der Waals surface area contributed by atoms with Crippen LogP contribution in [0.25, 0.3) is 11.1 Å². The molecule has 0 N–H and O–H groups in total. The number of rotatable bonds is 7. The van der Waals surface area contributed by atoms with E-state index in [-0.39, 0.29) is 0 Å². The molecule has 0 amide bonds. The van der Waals surface area contributed by atoms with E-state index in [2.05, 4.69) is 87.2 Å². The first-order valence-corrected chi connectivity index (χ1v) is 12.8. The third-order valence-electron chi connectivity index (χ3n) is 7.71. The maximum absolute atomic E-state index is 4.06. The zero-order chi connectivity index (χ0) is 22.8. The van der Waals surface area contributed by atoms with Crippen LogP contribution in [0.5, 0.6) is 0 Å². The number of benzene rings is 2. The van der Waals surface area contributed by atoms with Gasteiger partial charge in [-0.05, 0) is 114 Å². The smallest absolute Gasteiger partial charge is 0.00822 e. The third kappa shape index (κ3) is 4.76. The molecule has 3 aliphatic rings. The lowest BCUT2D eigenvalue weighted by Crippen LogP contribution is -2.01. The Hall–Kier alpha value is -2.86. The van der Waals surface area contributed by atoms with Gasteiger partial charge in [-0.2, -0.15) is 0 Å². The van der Waals surface area contributed by atoms with E-state index in [0.29, 0.717) is 5.92 Å². The van der Waals surface area contributed by atoms with Crippen LogP contribution in [0.1, 0.15) is 79.7 Å². The molecule has 1 fully saturated rings. The molecule has 1 unspecified atom stereocenters. The second-order valence-corrected chi connectivity index (χ2v) is 9.96. The average molecular weight is 433 g/mol. The molecule has 2 aromatic carbocycles. The monoisotopic (exact) mass is 432 g/mol. The second kappa shape index (κ2) is 9.56. The van der Waals surface area contributed by atoms with Crippen LogP contribution >= 0.6 is 0 Å². The minimum Gasteiger partial charge on any atom is -0.0985 e. The van der Waals surface area contributed by atoms with Crippen molar-refractivity contribution in [2.45, 2.75) is 64.7 Å². The largest absolute Gasteiger partial charge is 0.0985 e. The molecule has 3 aliphatic carbocycles. The summed E-state index contributed by atoms with van der Waals surface area (Å²) >= 11 is 0. The fourth-order valence-corrected chi connectivity index (χ4v) is 5.51. The van der Waals surface area contributed by atoms with E-state index in [4.69, 9.17) is 0 Å². The van der Waals surface area contributed by atoms with Crippen LogP contribution in [0.2, 0.25) is 0 Å². The zero-order valence-electron chi connectivity index (χ0n) is 20.2. The maximum atomic E-state index is 4.06. The van der Waals surface area contributed by atoms with Crippen LogP contribution in [0.4, 0.5) is 0 Å². The van der Waals surface area contributed by atoms with Crippen molar-refractivity contribution in [2.24, 2.45) is 5.92 Å². The topological polar surface area (TPSA) is 0 Å². The van der Waals surface area contributed by atoms with Gasteiger partial charge in [-0.1, -0.05) is 86.3 Å². The molecule has 33 heavy (non-hydrogen) atoms.